The first-order valence-electron chi connectivity index (χ1n) is 11.1. The highest BCUT2D eigenvalue weighted by Gasteiger charge is 2.40. The highest BCUT2D eigenvalue weighted by atomic mass is 16.5. The Balaban J connectivity index is 1.50. The Morgan fingerprint density at radius 3 is 2.61 bits per heavy atom. The Morgan fingerprint density at radius 1 is 1.10 bits per heavy atom. The maximum atomic E-state index is 10.8. The molecule has 0 unspecified atom stereocenters. The predicted molar refractivity (Wildman–Crippen MR) is 119 cm³/mol. The van der Waals surface area contributed by atoms with Gasteiger partial charge in [-0.25, -0.2) is 0 Å². The van der Waals surface area contributed by atoms with Gasteiger partial charge in [-0.2, -0.15) is 0 Å². The number of hydrogen-bond acceptors (Lipinski definition) is 5. The highest BCUT2D eigenvalue weighted by molar-refractivity contribution is 5.86. The number of aliphatic hydroxyl groups is 1. The van der Waals surface area contributed by atoms with Crippen LogP contribution in [0.2, 0.25) is 0 Å². The van der Waals surface area contributed by atoms with Gasteiger partial charge in [-0.05, 0) is 50.3 Å². The number of para-hydroxylation sites is 1. The van der Waals surface area contributed by atoms with Gasteiger partial charge in [0.1, 0.15) is 17.5 Å². The molecule has 2 saturated heterocycles. The van der Waals surface area contributed by atoms with Crippen molar-refractivity contribution < 1.29 is 19.3 Å². The normalized spacial score (nSPS) is 19.7. The van der Waals surface area contributed by atoms with E-state index in [1.54, 1.807) is 0 Å². The smallest absolute Gasteiger partial charge is 0.140 e. The zero-order valence-electron chi connectivity index (χ0n) is 18.1. The van der Waals surface area contributed by atoms with Crippen molar-refractivity contribution >= 4 is 10.8 Å². The van der Waals surface area contributed by atoms with Crippen LogP contribution in [0.25, 0.3) is 10.8 Å². The van der Waals surface area contributed by atoms with Gasteiger partial charge in [0.15, 0.2) is 0 Å². The first kappa shape index (κ1) is 20.4. The Morgan fingerprint density at radius 2 is 1.87 bits per heavy atom. The minimum Gasteiger partial charge on any atom is -0.486 e. The van der Waals surface area contributed by atoms with Crippen LogP contribution in [0.3, 0.4) is 0 Å². The van der Waals surface area contributed by atoms with Crippen LogP contribution in [0.5, 0.6) is 5.75 Å². The maximum Gasteiger partial charge on any atom is 0.140 e. The molecule has 1 aromatic heterocycles. The van der Waals surface area contributed by atoms with Gasteiger partial charge in [-0.15, -0.1) is 0 Å². The summed E-state index contributed by atoms with van der Waals surface area (Å²) in [4.78, 5) is 4.78. The molecular weight excluding hydrogens is 390 g/mol. The number of benzene rings is 2. The summed E-state index contributed by atoms with van der Waals surface area (Å²) < 4.78 is 17.2. The molecule has 2 aromatic carbocycles. The fourth-order valence-corrected chi connectivity index (χ4v) is 4.67. The third-order valence-corrected chi connectivity index (χ3v) is 6.48. The number of aromatic nitrogens is 1. The minimum atomic E-state index is -0.967. The van der Waals surface area contributed by atoms with Crippen LogP contribution in [-0.2, 0) is 15.1 Å². The molecule has 0 radical (unpaired) electrons. The van der Waals surface area contributed by atoms with Crippen LogP contribution in [0.1, 0.15) is 54.2 Å². The summed E-state index contributed by atoms with van der Waals surface area (Å²) in [6.07, 6.45) is 3.84. The lowest BCUT2D eigenvalue weighted by molar-refractivity contribution is -0.185. The lowest BCUT2D eigenvalue weighted by Gasteiger charge is -2.38. The molecule has 0 bridgehead atoms. The van der Waals surface area contributed by atoms with E-state index >= 15 is 0 Å². The number of rotatable bonds is 5. The van der Waals surface area contributed by atoms with E-state index in [1.165, 1.54) is 10.9 Å². The fraction of sp³-hybridized carbons (Fsp3) is 0.423. The predicted octanol–water partition coefficient (Wildman–Crippen LogP) is 4.80. The van der Waals surface area contributed by atoms with Crippen molar-refractivity contribution in [3.05, 3.63) is 71.0 Å². The number of fused-ring (bicyclic) bond motifs is 1. The van der Waals surface area contributed by atoms with Crippen LogP contribution >= 0.6 is 0 Å². The van der Waals surface area contributed by atoms with Crippen molar-refractivity contribution in [2.75, 3.05) is 26.4 Å². The first-order valence-corrected chi connectivity index (χ1v) is 11.1. The topological polar surface area (TPSA) is 60.8 Å². The summed E-state index contributed by atoms with van der Waals surface area (Å²) in [5.74, 6) is 1.14. The Bertz CT molecular complexity index is 1090. The largest absolute Gasteiger partial charge is 0.486 e. The molecule has 1 N–H and O–H groups in total. The number of pyridine rings is 1. The van der Waals surface area contributed by atoms with Crippen LogP contribution in [0.4, 0.5) is 0 Å². The van der Waals surface area contributed by atoms with Gasteiger partial charge in [0.25, 0.3) is 0 Å². The Labute approximate surface area is 183 Å². The summed E-state index contributed by atoms with van der Waals surface area (Å²) in [7, 11) is 0. The van der Waals surface area contributed by atoms with Gasteiger partial charge in [-0.3, -0.25) is 4.98 Å². The quantitative estimate of drug-likeness (QED) is 0.644. The molecule has 31 heavy (non-hydrogen) atoms. The van der Waals surface area contributed by atoms with Crippen LogP contribution in [-0.4, -0.2) is 36.5 Å². The molecule has 5 heteroatoms. The van der Waals surface area contributed by atoms with Crippen LogP contribution in [0, 0.1) is 6.92 Å². The van der Waals surface area contributed by atoms with E-state index in [2.05, 4.69) is 32.0 Å². The Hall–Kier alpha value is -2.47. The summed E-state index contributed by atoms with van der Waals surface area (Å²) in [5, 5.41) is 13.1. The number of nitrogens with zero attached hydrogens (tertiary/aromatic N) is 1. The van der Waals surface area contributed by atoms with Crippen molar-refractivity contribution in [3.63, 3.8) is 0 Å². The monoisotopic (exact) mass is 419 g/mol. The summed E-state index contributed by atoms with van der Waals surface area (Å²) in [6, 6.07) is 14.3. The molecule has 0 amide bonds. The van der Waals surface area contributed by atoms with E-state index in [0.717, 1.165) is 48.3 Å². The average molecular weight is 420 g/mol. The van der Waals surface area contributed by atoms with Crippen molar-refractivity contribution in [1.82, 2.24) is 4.98 Å². The molecule has 0 aliphatic carbocycles. The zero-order chi connectivity index (χ0) is 21.4. The Kier molecular flexibility index (Phi) is 5.42. The molecule has 0 saturated carbocycles. The molecule has 5 rings (SSSR count). The van der Waals surface area contributed by atoms with E-state index in [4.69, 9.17) is 19.2 Å². The van der Waals surface area contributed by atoms with Gasteiger partial charge in [0, 0.05) is 47.5 Å². The molecule has 3 aromatic rings. The van der Waals surface area contributed by atoms with Crippen molar-refractivity contribution in [2.24, 2.45) is 0 Å². The van der Waals surface area contributed by atoms with Crippen molar-refractivity contribution in [2.45, 2.75) is 44.3 Å². The molecule has 162 valence electrons. The van der Waals surface area contributed by atoms with Gasteiger partial charge >= 0.3 is 0 Å². The van der Waals surface area contributed by atoms with Gasteiger partial charge in [0.05, 0.1) is 13.2 Å². The number of aryl methyl sites for hydroxylation is 1. The number of hydrogen-bond donors (Lipinski definition) is 1. The standard InChI is InChI=1S/C26H29NO4/c1-17-11-20-14-27-24(19-7-9-29-10-8-19)13-22(20)21(12-17)18(2)31-25-6-4-3-5-23(25)26(28)15-30-16-26/h3-6,11-14,18-19,28H,7-10,15-16H2,1-2H3/t18-/m1/s1. The average Bonchev–Trinajstić information content (AvgIpc) is 2.77. The van der Waals surface area contributed by atoms with E-state index in [9.17, 15) is 5.11 Å². The zero-order valence-corrected chi connectivity index (χ0v) is 18.1. The minimum absolute atomic E-state index is 0.182. The van der Waals surface area contributed by atoms with E-state index in [-0.39, 0.29) is 6.10 Å². The lowest BCUT2D eigenvalue weighted by atomic mass is 9.91. The van der Waals surface area contributed by atoms with E-state index < -0.39 is 5.60 Å². The second-order valence-electron chi connectivity index (χ2n) is 8.85. The third-order valence-electron chi connectivity index (χ3n) is 6.48. The van der Waals surface area contributed by atoms with Gasteiger partial charge in [0.2, 0.25) is 0 Å². The first-order chi connectivity index (χ1) is 15.0. The van der Waals surface area contributed by atoms with Crippen molar-refractivity contribution in [3.8, 4) is 5.75 Å². The second kappa shape index (κ2) is 8.23. The summed E-state index contributed by atoms with van der Waals surface area (Å²) >= 11 is 0. The molecule has 1 atom stereocenters. The molecule has 2 fully saturated rings. The van der Waals surface area contributed by atoms with Gasteiger partial charge < -0.3 is 19.3 Å². The summed E-state index contributed by atoms with van der Waals surface area (Å²) in [6.45, 7) is 6.37. The van der Waals surface area contributed by atoms with Gasteiger partial charge in [-0.1, -0.05) is 29.8 Å². The maximum absolute atomic E-state index is 10.8. The van der Waals surface area contributed by atoms with Crippen LogP contribution < -0.4 is 4.74 Å². The highest BCUT2D eigenvalue weighted by Crippen LogP contribution is 2.38. The molecular formula is C26H29NO4. The van der Waals surface area contributed by atoms with Crippen LogP contribution in [0.15, 0.2) is 48.7 Å². The molecule has 3 heterocycles. The fourth-order valence-electron chi connectivity index (χ4n) is 4.67. The molecule has 5 nitrogen and oxygen atoms in total. The number of ether oxygens (including phenoxy) is 3. The van der Waals surface area contributed by atoms with Crippen molar-refractivity contribution in [1.29, 1.82) is 0 Å². The van der Waals surface area contributed by atoms with E-state index in [0.29, 0.717) is 24.9 Å². The SMILES string of the molecule is Cc1cc([C@@H](C)Oc2ccccc2C2(O)COC2)c2cc(C3CCOCC3)ncc2c1. The molecule has 0 spiro atoms. The third kappa shape index (κ3) is 3.93. The summed E-state index contributed by atoms with van der Waals surface area (Å²) in [5.41, 5.74) is 3.27. The van der Waals surface area contributed by atoms with E-state index in [1.807, 2.05) is 30.5 Å². The second-order valence-corrected chi connectivity index (χ2v) is 8.85. The molecule has 2 aliphatic heterocycles. The molecule has 2 aliphatic rings. The lowest BCUT2D eigenvalue weighted by Crippen LogP contribution is -2.46.